The smallest absolute Gasteiger partial charge is 0.310 e. The van der Waals surface area contributed by atoms with Crippen LogP contribution in [0, 0.1) is 5.41 Å². The highest BCUT2D eigenvalue weighted by Crippen LogP contribution is 2.41. The third-order valence-electron chi connectivity index (χ3n) is 4.60. The van der Waals surface area contributed by atoms with Crippen LogP contribution in [-0.2, 0) is 9.59 Å². The first-order valence-electron chi connectivity index (χ1n) is 7.23. The zero-order valence-electron chi connectivity index (χ0n) is 11.7. The van der Waals surface area contributed by atoms with Gasteiger partial charge in [-0.05, 0) is 45.8 Å². The van der Waals surface area contributed by atoms with Gasteiger partial charge < -0.3 is 15.3 Å². The summed E-state index contributed by atoms with van der Waals surface area (Å²) in [5.74, 6) is -0.887. The van der Waals surface area contributed by atoms with Crippen molar-refractivity contribution in [2.24, 2.45) is 5.41 Å². The van der Waals surface area contributed by atoms with Gasteiger partial charge in [0, 0.05) is 12.5 Å². The third kappa shape index (κ3) is 3.47. The number of nitrogens with zero attached hydrogens (tertiary/aromatic N) is 1. The maximum atomic E-state index is 12.1. The molecule has 1 saturated heterocycles. The number of piperidine rings is 1. The maximum Gasteiger partial charge on any atom is 0.310 e. The van der Waals surface area contributed by atoms with Crippen LogP contribution in [0.3, 0.4) is 0 Å². The number of carbonyl (C=O) groups is 2. The van der Waals surface area contributed by atoms with Crippen molar-refractivity contribution in [2.45, 2.75) is 51.0 Å². The topological polar surface area (TPSA) is 69.6 Å². The fourth-order valence-corrected chi connectivity index (χ4v) is 3.26. The molecule has 0 aromatic rings. The Balaban J connectivity index is 1.85. The summed E-state index contributed by atoms with van der Waals surface area (Å²) in [6.07, 6.45) is 5.20. The van der Waals surface area contributed by atoms with Crippen LogP contribution >= 0.6 is 0 Å². The van der Waals surface area contributed by atoms with Crippen LogP contribution in [0.15, 0.2) is 0 Å². The lowest BCUT2D eigenvalue weighted by atomic mass is 9.82. The van der Waals surface area contributed by atoms with Crippen molar-refractivity contribution in [3.05, 3.63) is 0 Å². The molecular weight excluding hydrogens is 244 g/mol. The van der Waals surface area contributed by atoms with Gasteiger partial charge in [0.1, 0.15) is 0 Å². The number of carboxylic acids is 1. The summed E-state index contributed by atoms with van der Waals surface area (Å²) in [5.41, 5.74) is -0.796. The van der Waals surface area contributed by atoms with Crippen LogP contribution in [0.25, 0.3) is 0 Å². The lowest BCUT2D eigenvalue weighted by Crippen LogP contribution is -2.45. The first kappa shape index (κ1) is 14.3. The largest absolute Gasteiger partial charge is 0.481 e. The summed E-state index contributed by atoms with van der Waals surface area (Å²) in [5, 5.41) is 12.4. The van der Waals surface area contributed by atoms with E-state index >= 15 is 0 Å². The molecule has 0 spiro atoms. The fraction of sp³-hybridized carbons (Fsp3) is 0.857. The first-order chi connectivity index (χ1) is 9.02. The second kappa shape index (κ2) is 5.90. The lowest BCUT2D eigenvalue weighted by Gasteiger charge is -2.30. The maximum absolute atomic E-state index is 12.1. The Morgan fingerprint density at radius 3 is 2.37 bits per heavy atom. The van der Waals surface area contributed by atoms with Gasteiger partial charge in [0.15, 0.2) is 0 Å². The van der Waals surface area contributed by atoms with Crippen LogP contribution in [-0.4, -0.2) is 48.1 Å². The van der Waals surface area contributed by atoms with Crippen molar-refractivity contribution in [2.75, 3.05) is 20.1 Å². The van der Waals surface area contributed by atoms with E-state index in [1.54, 1.807) is 0 Å². The molecular formula is C14H24N2O3. The second-order valence-electron chi connectivity index (χ2n) is 6.11. The van der Waals surface area contributed by atoms with Gasteiger partial charge in [-0.15, -0.1) is 0 Å². The van der Waals surface area contributed by atoms with Crippen LogP contribution in [0.4, 0.5) is 0 Å². The average molecular weight is 268 g/mol. The van der Waals surface area contributed by atoms with E-state index in [0.29, 0.717) is 12.8 Å². The molecule has 0 bridgehead atoms. The van der Waals surface area contributed by atoms with E-state index in [0.717, 1.165) is 38.8 Å². The first-order valence-corrected chi connectivity index (χ1v) is 7.23. The quantitative estimate of drug-likeness (QED) is 0.804. The summed E-state index contributed by atoms with van der Waals surface area (Å²) in [7, 11) is 2.08. The molecule has 1 aliphatic heterocycles. The van der Waals surface area contributed by atoms with Crippen molar-refractivity contribution >= 4 is 11.9 Å². The number of aliphatic carboxylic acids is 1. The second-order valence-corrected chi connectivity index (χ2v) is 6.11. The highest BCUT2D eigenvalue weighted by atomic mass is 16.4. The highest BCUT2D eigenvalue weighted by molar-refractivity contribution is 5.85. The molecule has 1 saturated carbocycles. The van der Waals surface area contributed by atoms with E-state index in [1.165, 1.54) is 0 Å². The average Bonchev–Trinajstić information content (AvgIpc) is 2.82. The molecule has 2 aliphatic rings. The summed E-state index contributed by atoms with van der Waals surface area (Å²) in [6.45, 7) is 1.99. The van der Waals surface area contributed by atoms with Gasteiger partial charge in [0.2, 0.25) is 5.91 Å². The third-order valence-corrected chi connectivity index (χ3v) is 4.60. The van der Waals surface area contributed by atoms with E-state index in [9.17, 15) is 14.7 Å². The minimum absolute atomic E-state index is 0.0844. The van der Waals surface area contributed by atoms with Gasteiger partial charge >= 0.3 is 5.97 Å². The zero-order valence-corrected chi connectivity index (χ0v) is 11.7. The number of nitrogens with one attached hydrogen (secondary N) is 1. The molecule has 2 N–H and O–H groups in total. The Labute approximate surface area is 114 Å². The molecule has 0 atom stereocenters. The van der Waals surface area contributed by atoms with Crippen molar-refractivity contribution < 1.29 is 14.7 Å². The van der Waals surface area contributed by atoms with Gasteiger partial charge in [-0.3, -0.25) is 9.59 Å². The van der Waals surface area contributed by atoms with Gasteiger partial charge in [0.05, 0.1) is 5.41 Å². The van der Waals surface area contributed by atoms with Crippen molar-refractivity contribution in [1.29, 1.82) is 0 Å². The molecule has 0 radical (unpaired) electrons. The molecule has 1 aliphatic carbocycles. The van der Waals surface area contributed by atoms with E-state index in [1.807, 2.05) is 0 Å². The summed E-state index contributed by atoms with van der Waals surface area (Å²) in [6, 6.07) is 0.218. The fourth-order valence-electron chi connectivity index (χ4n) is 3.26. The Morgan fingerprint density at radius 2 is 1.84 bits per heavy atom. The van der Waals surface area contributed by atoms with Crippen LogP contribution in [0.5, 0.6) is 0 Å². The Kier molecular flexibility index (Phi) is 4.45. The van der Waals surface area contributed by atoms with Crippen LogP contribution < -0.4 is 5.32 Å². The molecule has 1 amide bonds. The van der Waals surface area contributed by atoms with Crippen molar-refractivity contribution in [1.82, 2.24) is 10.2 Å². The predicted octanol–water partition coefficient (Wildman–Crippen LogP) is 1.23. The number of amides is 1. The Hall–Kier alpha value is -1.10. The molecule has 108 valence electrons. The van der Waals surface area contributed by atoms with Gasteiger partial charge in [-0.25, -0.2) is 0 Å². The molecule has 5 heteroatoms. The molecule has 1 heterocycles. The van der Waals surface area contributed by atoms with Crippen molar-refractivity contribution in [3.63, 3.8) is 0 Å². The van der Waals surface area contributed by atoms with Crippen LogP contribution in [0.1, 0.15) is 44.9 Å². The number of carboxylic acid groups (broad SMARTS) is 1. The molecule has 19 heavy (non-hydrogen) atoms. The number of likely N-dealkylation sites (tertiary alicyclic amines) is 1. The zero-order chi connectivity index (χ0) is 13.9. The van der Waals surface area contributed by atoms with Crippen molar-refractivity contribution in [3.8, 4) is 0 Å². The number of rotatable bonds is 4. The van der Waals surface area contributed by atoms with Gasteiger partial charge in [-0.2, -0.15) is 0 Å². The summed E-state index contributed by atoms with van der Waals surface area (Å²) >= 11 is 0. The molecule has 0 unspecified atom stereocenters. The van der Waals surface area contributed by atoms with E-state index < -0.39 is 11.4 Å². The summed E-state index contributed by atoms with van der Waals surface area (Å²) in [4.78, 5) is 25.7. The molecule has 5 nitrogen and oxygen atoms in total. The molecule has 0 aromatic carbocycles. The standard InChI is InChI=1S/C14H24N2O3/c1-16-8-4-11(5-9-16)15-12(17)10-14(13(18)19)6-2-3-7-14/h11H,2-10H2,1H3,(H,15,17)(H,18,19). The predicted molar refractivity (Wildman–Crippen MR) is 71.8 cm³/mol. The SMILES string of the molecule is CN1CCC(NC(=O)CC2(C(=O)O)CCCC2)CC1. The minimum atomic E-state index is -0.802. The number of hydrogen-bond donors (Lipinski definition) is 2. The molecule has 2 rings (SSSR count). The Bertz CT molecular complexity index is 343. The van der Waals surface area contributed by atoms with E-state index in [4.69, 9.17) is 0 Å². The Morgan fingerprint density at radius 1 is 1.26 bits per heavy atom. The molecule has 0 aromatic heterocycles. The van der Waals surface area contributed by atoms with Gasteiger partial charge in [-0.1, -0.05) is 12.8 Å². The van der Waals surface area contributed by atoms with E-state index in [2.05, 4.69) is 17.3 Å². The van der Waals surface area contributed by atoms with E-state index in [-0.39, 0.29) is 18.4 Å². The van der Waals surface area contributed by atoms with Gasteiger partial charge in [0.25, 0.3) is 0 Å². The summed E-state index contributed by atoms with van der Waals surface area (Å²) < 4.78 is 0. The lowest BCUT2D eigenvalue weighted by molar-refractivity contribution is -0.151. The highest BCUT2D eigenvalue weighted by Gasteiger charge is 2.43. The molecule has 2 fully saturated rings. The monoisotopic (exact) mass is 268 g/mol. The normalized spacial score (nSPS) is 24.3. The number of hydrogen-bond acceptors (Lipinski definition) is 3. The van der Waals surface area contributed by atoms with Crippen LogP contribution in [0.2, 0.25) is 0 Å². The minimum Gasteiger partial charge on any atom is -0.481 e. The number of carbonyl (C=O) groups excluding carboxylic acids is 1.